The zero-order valence-electron chi connectivity index (χ0n) is 10.2. The number of hydrogen-bond donors (Lipinski definition) is 1. The van der Waals surface area contributed by atoms with E-state index in [0.29, 0.717) is 0 Å². The summed E-state index contributed by atoms with van der Waals surface area (Å²) in [5.74, 6) is 0. The third-order valence-electron chi connectivity index (χ3n) is 2.80. The fourth-order valence-electron chi connectivity index (χ4n) is 1.90. The van der Waals surface area contributed by atoms with Crippen LogP contribution in [-0.4, -0.2) is 10.2 Å². The Kier molecular flexibility index (Phi) is 3.86. The van der Waals surface area contributed by atoms with Crippen LogP contribution in [0, 0.1) is 6.92 Å². The van der Waals surface area contributed by atoms with Gasteiger partial charge >= 0.3 is 0 Å². The largest absolute Gasteiger partial charge is 0.324 e. The Balaban J connectivity index is 2.23. The maximum absolute atomic E-state index is 6.27. The Bertz CT molecular complexity index is 479. The van der Waals surface area contributed by atoms with Crippen LogP contribution in [0.4, 0.5) is 0 Å². The molecule has 0 aliphatic rings. The molecule has 2 N–H and O–H groups in total. The smallest absolute Gasteiger partial charge is 0.0676 e. The van der Waals surface area contributed by atoms with Gasteiger partial charge in [0.25, 0.3) is 0 Å². The standard InChI is InChI=1S/C13H17N3S/c1-3-13-11(6-9(2)15-16-13)12(14)7-10-4-5-17-8-10/h4-6,8,12H,3,7,14H2,1-2H3. The number of nitrogens with zero attached hydrogens (tertiary/aromatic N) is 2. The van der Waals surface area contributed by atoms with Gasteiger partial charge in [0.15, 0.2) is 0 Å². The molecule has 2 aromatic heterocycles. The first-order valence-corrected chi connectivity index (χ1v) is 6.74. The lowest BCUT2D eigenvalue weighted by Crippen LogP contribution is -2.16. The van der Waals surface area contributed by atoms with Crippen molar-refractivity contribution in [2.45, 2.75) is 32.7 Å². The van der Waals surface area contributed by atoms with Gasteiger partial charge in [-0.2, -0.15) is 21.5 Å². The van der Waals surface area contributed by atoms with Gasteiger partial charge < -0.3 is 5.73 Å². The molecule has 0 amide bonds. The van der Waals surface area contributed by atoms with Crippen LogP contribution in [0.2, 0.25) is 0 Å². The van der Waals surface area contributed by atoms with Gasteiger partial charge in [-0.3, -0.25) is 0 Å². The lowest BCUT2D eigenvalue weighted by Gasteiger charge is -2.14. The molecule has 1 atom stereocenters. The molecular formula is C13H17N3S. The van der Waals surface area contributed by atoms with E-state index < -0.39 is 0 Å². The molecule has 1 unspecified atom stereocenters. The number of aryl methyl sites for hydroxylation is 2. The summed E-state index contributed by atoms with van der Waals surface area (Å²) in [6, 6.07) is 4.19. The lowest BCUT2D eigenvalue weighted by molar-refractivity contribution is 0.693. The minimum absolute atomic E-state index is 0.00810. The zero-order valence-corrected chi connectivity index (χ0v) is 11.0. The molecule has 0 aliphatic carbocycles. The zero-order chi connectivity index (χ0) is 12.3. The number of hydrogen-bond acceptors (Lipinski definition) is 4. The average Bonchev–Trinajstić information content (AvgIpc) is 2.81. The van der Waals surface area contributed by atoms with E-state index in [2.05, 4.69) is 40.0 Å². The third kappa shape index (κ3) is 2.90. The molecule has 0 radical (unpaired) electrons. The van der Waals surface area contributed by atoms with Crippen LogP contribution in [0.5, 0.6) is 0 Å². The van der Waals surface area contributed by atoms with Crippen molar-refractivity contribution in [1.29, 1.82) is 0 Å². The minimum Gasteiger partial charge on any atom is -0.324 e. The third-order valence-corrected chi connectivity index (χ3v) is 3.53. The maximum Gasteiger partial charge on any atom is 0.0676 e. The van der Waals surface area contributed by atoms with Crippen molar-refractivity contribution in [1.82, 2.24) is 10.2 Å². The molecule has 0 fully saturated rings. The van der Waals surface area contributed by atoms with Crippen molar-refractivity contribution < 1.29 is 0 Å². The molecule has 2 rings (SSSR count). The van der Waals surface area contributed by atoms with Gasteiger partial charge in [0.1, 0.15) is 0 Å². The van der Waals surface area contributed by atoms with Crippen LogP contribution in [0.1, 0.15) is 35.5 Å². The molecule has 0 saturated carbocycles. The van der Waals surface area contributed by atoms with E-state index >= 15 is 0 Å². The number of rotatable bonds is 4. The Morgan fingerprint density at radius 3 is 2.88 bits per heavy atom. The van der Waals surface area contributed by atoms with E-state index in [0.717, 1.165) is 29.8 Å². The summed E-state index contributed by atoms with van der Waals surface area (Å²) in [5.41, 5.74) is 10.6. The highest BCUT2D eigenvalue weighted by Gasteiger charge is 2.13. The summed E-state index contributed by atoms with van der Waals surface area (Å²) in [7, 11) is 0. The minimum atomic E-state index is 0.00810. The van der Waals surface area contributed by atoms with Crippen LogP contribution in [0.25, 0.3) is 0 Å². The molecule has 0 aliphatic heterocycles. The van der Waals surface area contributed by atoms with Crippen molar-refractivity contribution in [3.05, 3.63) is 45.4 Å². The molecule has 17 heavy (non-hydrogen) atoms. The van der Waals surface area contributed by atoms with E-state index in [-0.39, 0.29) is 6.04 Å². The van der Waals surface area contributed by atoms with E-state index in [9.17, 15) is 0 Å². The van der Waals surface area contributed by atoms with Gasteiger partial charge in [0.05, 0.1) is 11.4 Å². The van der Waals surface area contributed by atoms with E-state index in [1.165, 1.54) is 5.56 Å². The summed E-state index contributed by atoms with van der Waals surface area (Å²) < 4.78 is 0. The monoisotopic (exact) mass is 247 g/mol. The first-order chi connectivity index (χ1) is 8.20. The van der Waals surface area contributed by atoms with Crippen molar-refractivity contribution in [3.8, 4) is 0 Å². The summed E-state index contributed by atoms with van der Waals surface area (Å²) in [6.07, 6.45) is 1.74. The Hall–Kier alpha value is -1.26. The Labute approximate surface area is 106 Å². The highest BCUT2D eigenvalue weighted by molar-refractivity contribution is 7.07. The van der Waals surface area contributed by atoms with Crippen molar-refractivity contribution in [2.24, 2.45) is 5.73 Å². The number of thiophene rings is 1. The molecule has 2 heterocycles. The summed E-state index contributed by atoms with van der Waals surface area (Å²) in [4.78, 5) is 0. The van der Waals surface area contributed by atoms with Gasteiger partial charge in [0, 0.05) is 6.04 Å². The Morgan fingerprint density at radius 2 is 2.24 bits per heavy atom. The maximum atomic E-state index is 6.27. The molecule has 0 spiro atoms. The molecule has 90 valence electrons. The highest BCUT2D eigenvalue weighted by atomic mass is 32.1. The average molecular weight is 247 g/mol. The molecule has 0 saturated heterocycles. The van der Waals surface area contributed by atoms with Crippen LogP contribution in [0.15, 0.2) is 22.9 Å². The Morgan fingerprint density at radius 1 is 1.41 bits per heavy atom. The van der Waals surface area contributed by atoms with Crippen molar-refractivity contribution in [3.63, 3.8) is 0 Å². The molecule has 3 nitrogen and oxygen atoms in total. The molecule has 2 aromatic rings. The van der Waals surface area contributed by atoms with Gasteiger partial charge in [0.2, 0.25) is 0 Å². The topological polar surface area (TPSA) is 51.8 Å². The second-order valence-corrected chi connectivity index (χ2v) is 4.96. The molecule has 0 bridgehead atoms. The van der Waals surface area contributed by atoms with Crippen molar-refractivity contribution >= 4 is 11.3 Å². The van der Waals surface area contributed by atoms with Gasteiger partial charge in [-0.15, -0.1) is 0 Å². The highest BCUT2D eigenvalue weighted by Crippen LogP contribution is 2.20. The summed E-state index contributed by atoms with van der Waals surface area (Å²) >= 11 is 1.71. The van der Waals surface area contributed by atoms with Crippen LogP contribution < -0.4 is 5.73 Å². The quantitative estimate of drug-likeness (QED) is 0.903. The SMILES string of the molecule is CCc1nnc(C)cc1C(N)Cc1ccsc1. The molecule has 0 aromatic carbocycles. The number of aromatic nitrogens is 2. The van der Waals surface area contributed by atoms with E-state index in [1.807, 2.05) is 6.92 Å². The predicted molar refractivity (Wildman–Crippen MR) is 71.1 cm³/mol. The van der Waals surface area contributed by atoms with Crippen LogP contribution in [0.3, 0.4) is 0 Å². The van der Waals surface area contributed by atoms with Gasteiger partial charge in [-0.25, -0.2) is 0 Å². The second-order valence-electron chi connectivity index (χ2n) is 4.18. The molecular weight excluding hydrogens is 230 g/mol. The van der Waals surface area contributed by atoms with Crippen LogP contribution >= 0.6 is 11.3 Å². The van der Waals surface area contributed by atoms with E-state index in [1.54, 1.807) is 11.3 Å². The fourth-order valence-corrected chi connectivity index (χ4v) is 2.58. The van der Waals surface area contributed by atoms with Crippen LogP contribution in [-0.2, 0) is 12.8 Å². The summed E-state index contributed by atoms with van der Waals surface area (Å²) in [6.45, 7) is 4.04. The first kappa shape index (κ1) is 12.2. The number of nitrogens with two attached hydrogens (primary N) is 1. The predicted octanol–water partition coefficient (Wildman–Crippen LogP) is 2.65. The second kappa shape index (κ2) is 5.38. The van der Waals surface area contributed by atoms with Crippen molar-refractivity contribution in [2.75, 3.05) is 0 Å². The fraction of sp³-hybridized carbons (Fsp3) is 0.385. The van der Waals surface area contributed by atoms with Gasteiger partial charge in [-0.05, 0) is 53.8 Å². The van der Waals surface area contributed by atoms with Gasteiger partial charge in [-0.1, -0.05) is 6.92 Å². The normalized spacial score (nSPS) is 12.6. The summed E-state index contributed by atoms with van der Waals surface area (Å²) in [5, 5.41) is 12.5. The lowest BCUT2D eigenvalue weighted by atomic mass is 9.99. The molecule has 4 heteroatoms. The first-order valence-electron chi connectivity index (χ1n) is 5.80. The van der Waals surface area contributed by atoms with E-state index in [4.69, 9.17) is 5.73 Å².